The zero-order valence-electron chi connectivity index (χ0n) is 13.3. The lowest BCUT2D eigenvalue weighted by Gasteiger charge is -2.22. The van der Waals surface area contributed by atoms with Crippen LogP contribution in [0.15, 0.2) is 48.5 Å². The summed E-state index contributed by atoms with van der Waals surface area (Å²) in [5, 5.41) is 13.2. The number of aliphatic hydroxyl groups excluding tert-OH is 1. The highest BCUT2D eigenvalue weighted by atomic mass is 19.1. The number of aliphatic hydroxyl groups is 1. The number of halogens is 1. The maximum absolute atomic E-state index is 13.2. The summed E-state index contributed by atoms with van der Waals surface area (Å²) in [6, 6.07) is 13.8. The van der Waals surface area contributed by atoms with E-state index in [0.29, 0.717) is 6.54 Å². The molecule has 0 bridgehead atoms. The van der Waals surface area contributed by atoms with Crippen LogP contribution >= 0.6 is 0 Å². The predicted octanol–water partition coefficient (Wildman–Crippen LogP) is 2.52. The van der Waals surface area contributed by atoms with Crippen LogP contribution in [0.3, 0.4) is 0 Å². The molecule has 124 valence electrons. The molecule has 4 nitrogen and oxygen atoms in total. The van der Waals surface area contributed by atoms with Gasteiger partial charge in [0, 0.05) is 13.7 Å². The molecular weight excluding hydrogens is 297 g/mol. The van der Waals surface area contributed by atoms with E-state index in [2.05, 4.69) is 5.32 Å². The lowest BCUT2D eigenvalue weighted by molar-refractivity contribution is 0.0634. The van der Waals surface area contributed by atoms with Crippen molar-refractivity contribution in [2.45, 2.75) is 12.1 Å². The molecule has 0 amide bonds. The third kappa shape index (κ3) is 5.03. The fraction of sp³-hybridized carbons (Fsp3) is 0.333. The van der Waals surface area contributed by atoms with Gasteiger partial charge in [-0.2, -0.15) is 0 Å². The van der Waals surface area contributed by atoms with E-state index in [1.54, 1.807) is 26.4 Å². The average molecular weight is 319 g/mol. The van der Waals surface area contributed by atoms with E-state index in [-0.39, 0.29) is 18.5 Å². The molecule has 2 unspecified atom stereocenters. The van der Waals surface area contributed by atoms with Crippen molar-refractivity contribution in [1.82, 2.24) is 5.32 Å². The maximum atomic E-state index is 13.2. The molecular formula is C18H22FNO3. The number of hydrogen-bond donors (Lipinski definition) is 2. The first kappa shape index (κ1) is 17.4. The lowest BCUT2D eigenvalue weighted by Crippen LogP contribution is -2.33. The molecule has 5 heteroatoms. The molecule has 0 aliphatic rings. The number of hydrogen-bond acceptors (Lipinski definition) is 4. The number of benzene rings is 2. The summed E-state index contributed by atoms with van der Waals surface area (Å²) in [6.07, 6.45) is -0.610. The summed E-state index contributed by atoms with van der Waals surface area (Å²) in [4.78, 5) is 0. The topological polar surface area (TPSA) is 50.7 Å². The van der Waals surface area contributed by atoms with E-state index in [4.69, 9.17) is 9.47 Å². The van der Waals surface area contributed by atoms with E-state index >= 15 is 0 Å². The van der Waals surface area contributed by atoms with Crippen molar-refractivity contribution >= 4 is 0 Å². The minimum Gasteiger partial charge on any atom is -0.497 e. The standard InChI is InChI=1S/C18H22FNO3/c1-22-12-16(21)11-20-18(13-3-7-15(19)8-4-13)14-5-9-17(23-2)10-6-14/h3-10,16,18,20-21H,11-12H2,1-2H3. The molecule has 0 aliphatic heterocycles. The predicted molar refractivity (Wildman–Crippen MR) is 87.1 cm³/mol. The summed E-state index contributed by atoms with van der Waals surface area (Å²) in [5.74, 6) is 0.493. The molecule has 2 N–H and O–H groups in total. The molecule has 0 aromatic heterocycles. The van der Waals surface area contributed by atoms with Crippen LogP contribution in [0, 0.1) is 5.82 Å². The Balaban J connectivity index is 2.20. The first-order valence-corrected chi connectivity index (χ1v) is 7.44. The highest BCUT2D eigenvalue weighted by Crippen LogP contribution is 2.24. The van der Waals surface area contributed by atoms with Gasteiger partial charge in [0.1, 0.15) is 11.6 Å². The Hall–Kier alpha value is -1.95. The van der Waals surface area contributed by atoms with Crippen LogP contribution in [0.25, 0.3) is 0 Å². The maximum Gasteiger partial charge on any atom is 0.123 e. The first-order valence-electron chi connectivity index (χ1n) is 7.44. The molecule has 2 atom stereocenters. The van der Waals surface area contributed by atoms with Crippen molar-refractivity contribution in [3.63, 3.8) is 0 Å². The molecule has 23 heavy (non-hydrogen) atoms. The van der Waals surface area contributed by atoms with Crippen LogP contribution in [0.1, 0.15) is 17.2 Å². The van der Waals surface area contributed by atoms with Gasteiger partial charge in [-0.3, -0.25) is 0 Å². The van der Waals surface area contributed by atoms with Gasteiger partial charge in [0.2, 0.25) is 0 Å². The largest absolute Gasteiger partial charge is 0.497 e. The highest BCUT2D eigenvalue weighted by molar-refractivity contribution is 5.35. The molecule has 0 heterocycles. The summed E-state index contributed by atoms with van der Waals surface area (Å²) < 4.78 is 23.3. The SMILES string of the molecule is COCC(O)CNC(c1ccc(F)cc1)c1ccc(OC)cc1. The summed E-state index contributed by atoms with van der Waals surface area (Å²) in [5.41, 5.74) is 1.92. The normalized spacial score (nSPS) is 13.6. The summed E-state index contributed by atoms with van der Waals surface area (Å²) >= 11 is 0. The minimum absolute atomic E-state index is 0.159. The smallest absolute Gasteiger partial charge is 0.123 e. The third-order valence-electron chi connectivity index (χ3n) is 3.57. The summed E-state index contributed by atoms with van der Waals surface area (Å²) in [7, 11) is 3.16. The molecule has 0 radical (unpaired) electrons. The highest BCUT2D eigenvalue weighted by Gasteiger charge is 2.16. The number of rotatable bonds is 8. The van der Waals surface area contributed by atoms with Gasteiger partial charge in [-0.1, -0.05) is 24.3 Å². The van der Waals surface area contributed by atoms with Crippen LogP contribution in [0.4, 0.5) is 4.39 Å². The second-order valence-electron chi connectivity index (χ2n) is 5.28. The Morgan fingerprint density at radius 1 is 1.00 bits per heavy atom. The Kier molecular flexibility index (Phi) is 6.52. The Morgan fingerprint density at radius 3 is 2.09 bits per heavy atom. The average Bonchev–Trinajstić information content (AvgIpc) is 2.57. The van der Waals surface area contributed by atoms with Crippen LogP contribution < -0.4 is 10.1 Å². The van der Waals surface area contributed by atoms with Crippen LogP contribution in [-0.2, 0) is 4.74 Å². The van der Waals surface area contributed by atoms with Crippen LogP contribution in [0.2, 0.25) is 0 Å². The third-order valence-corrected chi connectivity index (χ3v) is 3.57. The molecule has 0 spiro atoms. The first-order chi connectivity index (χ1) is 11.1. The monoisotopic (exact) mass is 319 g/mol. The Labute approximate surface area is 135 Å². The van der Waals surface area contributed by atoms with E-state index < -0.39 is 6.10 Å². The molecule has 2 aromatic rings. The van der Waals surface area contributed by atoms with Crippen molar-refractivity contribution in [1.29, 1.82) is 0 Å². The minimum atomic E-state index is -0.610. The van der Waals surface area contributed by atoms with Crippen molar-refractivity contribution in [3.05, 3.63) is 65.5 Å². The fourth-order valence-electron chi connectivity index (χ4n) is 2.38. The van der Waals surface area contributed by atoms with Gasteiger partial charge < -0.3 is 19.9 Å². The molecule has 2 aromatic carbocycles. The van der Waals surface area contributed by atoms with Gasteiger partial charge in [-0.25, -0.2) is 4.39 Å². The molecule has 2 rings (SSSR count). The summed E-state index contributed by atoms with van der Waals surface area (Å²) in [6.45, 7) is 0.619. The molecule has 0 saturated carbocycles. The van der Waals surface area contributed by atoms with Crippen molar-refractivity contribution < 1.29 is 19.0 Å². The fourth-order valence-corrected chi connectivity index (χ4v) is 2.38. The molecule has 0 fully saturated rings. The number of methoxy groups -OCH3 is 2. The van der Waals surface area contributed by atoms with Gasteiger partial charge in [-0.05, 0) is 35.4 Å². The van der Waals surface area contributed by atoms with E-state index in [1.165, 1.54) is 12.1 Å². The van der Waals surface area contributed by atoms with E-state index in [1.807, 2.05) is 24.3 Å². The van der Waals surface area contributed by atoms with Gasteiger partial charge in [0.15, 0.2) is 0 Å². The van der Waals surface area contributed by atoms with Crippen LogP contribution in [0.5, 0.6) is 5.75 Å². The van der Waals surface area contributed by atoms with Gasteiger partial charge in [-0.15, -0.1) is 0 Å². The van der Waals surface area contributed by atoms with Crippen LogP contribution in [-0.4, -0.2) is 38.6 Å². The second kappa shape index (κ2) is 8.62. The lowest BCUT2D eigenvalue weighted by atomic mass is 9.98. The zero-order chi connectivity index (χ0) is 16.7. The van der Waals surface area contributed by atoms with Crippen molar-refractivity contribution in [2.75, 3.05) is 27.4 Å². The number of nitrogens with one attached hydrogen (secondary N) is 1. The van der Waals surface area contributed by atoms with Gasteiger partial charge in [0.05, 0.1) is 25.9 Å². The zero-order valence-corrected chi connectivity index (χ0v) is 13.3. The second-order valence-corrected chi connectivity index (χ2v) is 5.28. The van der Waals surface area contributed by atoms with Gasteiger partial charge >= 0.3 is 0 Å². The Morgan fingerprint density at radius 2 is 1.57 bits per heavy atom. The Bertz CT molecular complexity index is 586. The quantitative estimate of drug-likeness (QED) is 0.785. The van der Waals surface area contributed by atoms with Gasteiger partial charge in [0.25, 0.3) is 0 Å². The van der Waals surface area contributed by atoms with E-state index in [0.717, 1.165) is 16.9 Å². The van der Waals surface area contributed by atoms with Crippen molar-refractivity contribution in [3.8, 4) is 5.75 Å². The molecule has 0 aliphatic carbocycles. The van der Waals surface area contributed by atoms with Crippen molar-refractivity contribution in [2.24, 2.45) is 0 Å². The molecule has 0 saturated heterocycles. The van der Waals surface area contributed by atoms with E-state index in [9.17, 15) is 9.50 Å². The number of ether oxygens (including phenoxy) is 2.